The largest absolute Gasteiger partial charge is 0.481 e. The van der Waals surface area contributed by atoms with Gasteiger partial charge in [0.1, 0.15) is 11.9 Å². The smallest absolute Gasteiger partial charge is 0.258 e. The van der Waals surface area contributed by atoms with Crippen LogP contribution in [-0.2, 0) is 9.59 Å². The molecule has 110 valence electrons. The van der Waals surface area contributed by atoms with Crippen LogP contribution in [0.1, 0.15) is 13.8 Å². The summed E-state index contributed by atoms with van der Waals surface area (Å²) in [5, 5.41) is 4.94. The molecule has 0 bridgehead atoms. The van der Waals surface area contributed by atoms with Gasteiger partial charge in [0.15, 0.2) is 18.2 Å². The fourth-order valence-electron chi connectivity index (χ4n) is 1.41. The summed E-state index contributed by atoms with van der Waals surface area (Å²) in [4.78, 5) is 22.9. The molecule has 0 spiro atoms. The van der Waals surface area contributed by atoms with Crippen LogP contribution in [0, 0.1) is 11.6 Å². The van der Waals surface area contributed by atoms with Crippen molar-refractivity contribution < 1.29 is 23.1 Å². The number of hydrogen-bond acceptors (Lipinski definition) is 3. The number of carbonyl (C=O) groups excluding carboxylic acids is 2. The molecule has 5 nitrogen and oxygen atoms in total. The summed E-state index contributed by atoms with van der Waals surface area (Å²) in [5.74, 6) is -2.76. The van der Waals surface area contributed by atoms with E-state index in [-0.39, 0.29) is 11.7 Å². The van der Waals surface area contributed by atoms with E-state index in [2.05, 4.69) is 10.6 Å². The van der Waals surface area contributed by atoms with Gasteiger partial charge in [0.05, 0.1) is 0 Å². The summed E-state index contributed by atoms with van der Waals surface area (Å²) in [5.41, 5.74) is 0. The Morgan fingerprint density at radius 2 is 2.05 bits per heavy atom. The van der Waals surface area contributed by atoms with Crippen molar-refractivity contribution in [3.63, 3.8) is 0 Å². The van der Waals surface area contributed by atoms with Gasteiger partial charge in [-0.1, -0.05) is 0 Å². The first-order chi connectivity index (χ1) is 9.43. The number of benzene rings is 1. The first-order valence-corrected chi connectivity index (χ1v) is 6.09. The summed E-state index contributed by atoms with van der Waals surface area (Å²) in [6.45, 7) is 3.26. The third-order valence-electron chi connectivity index (χ3n) is 2.37. The Morgan fingerprint density at radius 1 is 1.35 bits per heavy atom. The van der Waals surface area contributed by atoms with Crippen LogP contribution < -0.4 is 15.4 Å². The number of rotatable bonds is 6. The molecule has 1 aromatic carbocycles. The predicted molar refractivity (Wildman–Crippen MR) is 68.1 cm³/mol. The number of halogens is 2. The molecule has 1 unspecified atom stereocenters. The second-order valence-corrected chi connectivity index (χ2v) is 4.05. The highest BCUT2D eigenvalue weighted by molar-refractivity contribution is 5.87. The molecule has 0 saturated carbocycles. The van der Waals surface area contributed by atoms with E-state index in [0.29, 0.717) is 12.6 Å². The average molecular weight is 286 g/mol. The van der Waals surface area contributed by atoms with E-state index in [1.807, 2.05) is 0 Å². The van der Waals surface area contributed by atoms with Gasteiger partial charge in [-0.15, -0.1) is 0 Å². The van der Waals surface area contributed by atoms with Crippen molar-refractivity contribution in [3.05, 3.63) is 29.8 Å². The van der Waals surface area contributed by atoms with Crippen LogP contribution >= 0.6 is 0 Å². The Kier molecular flexibility index (Phi) is 5.89. The maximum absolute atomic E-state index is 13.2. The van der Waals surface area contributed by atoms with Gasteiger partial charge in [-0.2, -0.15) is 0 Å². The summed E-state index contributed by atoms with van der Waals surface area (Å²) >= 11 is 0. The Morgan fingerprint density at radius 3 is 2.65 bits per heavy atom. The lowest BCUT2D eigenvalue weighted by Crippen LogP contribution is -2.46. The van der Waals surface area contributed by atoms with E-state index in [1.54, 1.807) is 6.92 Å². The van der Waals surface area contributed by atoms with E-state index in [1.165, 1.54) is 6.92 Å². The van der Waals surface area contributed by atoms with Gasteiger partial charge in [0, 0.05) is 12.6 Å². The lowest BCUT2D eigenvalue weighted by atomic mass is 10.3. The third-order valence-corrected chi connectivity index (χ3v) is 2.37. The zero-order valence-electron chi connectivity index (χ0n) is 11.2. The summed E-state index contributed by atoms with van der Waals surface area (Å²) in [7, 11) is 0. The highest BCUT2D eigenvalue weighted by Crippen LogP contribution is 2.17. The molecule has 0 saturated heterocycles. The standard InChI is InChI=1S/C13H16F2N2O3/c1-3-16-13(19)8(2)17-12(18)7-20-11-5-4-9(14)6-10(11)15/h4-6,8H,3,7H2,1-2H3,(H,16,19)(H,17,18). The van der Waals surface area contributed by atoms with Gasteiger partial charge in [-0.3, -0.25) is 9.59 Å². The minimum Gasteiger partial charge on any atom is -0.481 e. The molecule has 1 aromatic rings. The Balaban J connectivity index is 2.45. The maximum Gasteiger partial charge on any atom is 0.258 e. The molecule has 1 rings (SSSR count). The SMILES string of the molecule is CCNC(=O)C(C)NC(=O)COc1ccc(F)cc1F. The van der Waals surface area contributed by atoms with Gasteiger partial charge >= 0.3 is 0 Å². The van der Waals surface area contributed by atoms with Gasteiger partial charge in [-0.25, -0.2) is 8.78 Å². The molecule has 2 N–H and O–H groups in total. The lowest BCUT2D eigenvalue weighted by molar-refractivity contribution is -0.129. The predicted octanol–water partition coefficient (Wildman–Crippen LogP) is 0.984. The molecule has 7 heteroatoms. The quantitative estimate of drug-likeness (QED) is 0.819. The molecule has 0 fully saturated rings. The van der Waals surface area contributed by atoms with Crippen LogP contribution in [0.2, 0.25) is 0 Å². The first kappa shape index (κ1) is 15.9. The monoisotopic (exact) mass is 286 g/mol. The second-order valence-electron chi connectivity index (χ2n) is 4.05. The number of nitrogens with one attached hydrogen (secondary N) is 2. The molecule has 0 aliphatic heterocycles. The number of ether oxygens (including phenoxy) is 1. The normalized spacial score (nSPS) is 11.6. The Hall–Kier alpha value is -2.18. The van der Waals surface area contributed by atoms with Crippen molar-refractivity contribution in [3.8, 4) is 5.75 Å². The molecule has 0 aliphatic carbocycles. The van der Waals surface area contributed by atoms with Crippen molar-refractivity contribution in [2.24, 2.45) is 0 Å². The molecule has 0 heterocycles. The number of likely N-dealkylation sites (N-methyl/N-ethyl adjacent to an activating group) is 1. The van der Waals surface area contributed by atoms with Gasteiger partial charge < -0.3 is 15.4 Å². The number of carbonyl (C=O) groups is 2. The van der Waals surface area contributed by atoms with Crippen LogP contribution in [0.4, 0.5) is 8.78 Å². The van der Waals surface area contributed by atoms with E-state index in [0.717, 1.165) is 12.1 Å². The van der Waals surface area contributed by atoms with Crippen LogP contribution in [-0.4, -0.2) is 31.0 Å². The number of amides is 2. The van der Waals surface area contributed by atoms with Gasteiger partial charge in [0.25, 0.3) is 5.91 Å². The maximum atomic E-state index is 13.2. The van der Waals surface area contributed by atoms with Gasteiger partial charge in [-0.05, 0) is 26.0 Å². The third kappa shape index (κ3) is 4.83. The zero-order chi connectivity index (χ0) is 15.1. The van der Waals surface area contributed by atoms with Crippen molar-refractivity contribution in [2.45, 2.75) is 19.9 Å². The van der Waals surface area contributed by atoms with Crippen molar-refractivity contribution in [1.29, 1.82) is 0 Å². The molecule has 2 amide bonds. The molecular weight excluding hydrogens is 270 g/mol. The van der Waals surface area contributed by atoms with E-state index in [4.69, 9.17) is 4.74 Å². The van der Waals surface area contributed by atoms with Crippen molar-refractivity contribution >= 4 is 11.8 Å². The van der Waals surface area contributed by atoms with Crippen molar-refractivity contribution in [1.82, 2.24) is 10.6 Å². The zero-order valence-corrected chi connectivity index (χ0v) is 11.2. The fraction of sp³-hybridized carbons (Fsp3) is 0.385. The molecule has 1 atom stereocenters. The minimum absolute atomic E-state index is 0.229. The highest BCUT2D eigenvalue weighted by atomic mass is 19.1. The van der Waals surface area contributed by atoms with Crippen LogP contribution in [0.5, 0.6) is 5.75 Å². The number of hydrogen-bond donors (Lipinski definition) is 2. The van der Waals surface area contributed by atoms with Crippen LogP contribution in [0.25, 0.3) is 0 Å². The van der Waals surface area contributed by atoms with Gasteiger partial charge in [0.2, 0.25) is 5.91 Å². The summed E-state index contributed by atoms with van der Waals surface area (Å²) in [6, 6.07) is 2.05. The molecule has 0 aliphatic rings. The van der Waals surface area contributed by atoms with Crippen LogP contribution in [0.15, 0.2) is 18.2 Å². The topological polar surface area (TPSA) is 67.4 Å². The fourth-order valence-corrected chi connectivity index (χ4v) is 1.41. The average Bonchev–Trinajstić information content (AvgIpc) is 2.37. The van der Waals surface area contributed by atoms with Crippen LogP contribution in [0.3, 0.4) is 0 Å². The molecule has 0 aromatic heterocycles. The highest BCUT2D eigenvalue weighted by Gasteiger charge is 2.15. The lowest BCUT2D eigenvalue weighted by Gasteiger charge is -2.13. The van der Waals surface area contributed by atoms with E-state index in [9.17, 15) is 18.4 Å². The van der Waals surface area contributed by atoms with E-state index < -0.39 is 30.2 Å². The summed E-state index contributed by atoms with van der Waals surface area (Å²) < 4.78 is 30.8. The molecule has 20 heavy (non-hydrogen) atoms. The first-order valence-electron chi connectivity index (χ1n) is 6.09. The van der Waals surface area contributed by atoms with Crippen molar-refractivity contribution in [2.75, 3.05) is 13.2 Å². The molecular formula is C13H16F2N2O3. The summed E-state index contributed by atoms with van der Waals surface area (Å²) in [6.07, 6.45) is 0. The minimum atomic E-state index is -0.894. The Labute approximate surface area is 115 Å². The molecule has 0 radical (unpaired) electrons. The Bertz CT molecular complexity index is 495. The second kappa shape index (κ2) is 7.42. The van der Waals surface area contributed by atoms with E-state index >= 15 is 0 Å².